The van der Waals surface area contributed by atoms with Crippen LogP contribution < -0.4 is 4.90 Å². The van der Waals surface area contributed by atoms with E-state index in [1.807, 2.05) is 19.9 Å². The highest BCUT2D eigenvalue weighted by atomic mass is 16.5. The molecule has 0 aromatic carbocycles. The summed E-state index contributed by atoms with van der Waals surface area (Å²) in [4.78, 5) is 22.5. The third-order valence-electron chi connectivity index (χ3n) is 3.80. The minimum Gasteiger partial charge on any atom is -0.466 e. The topological polar surface area (TPSA) is 72.6 Å². The zero-order chi connectivity index (χ0) is 14.8. The molecular formula is C14H19N5O2. The molecule has 7 heteroatoms. The van der Waals surface area contributed by atoms with E-state index in [0.717, 1.165) is 37.4 Å². The fraction of sp³-hybridized carbons (Fsp3) is 0.571. The molecule has 2 aromatic rings. The molecule has 3 rings (SSSR count). The monoisotopic (exact) mass is 289 g/mol. The van der Waals surface area contributed by atoms with Crippen molar-refractivity contribution >= 4 is 17.6 Å². The maximum atomic E-state index is 11.8. The molecule has 112 valence electrons. The lowest BCUT2D eigenvalue weighted by atomic mass is 9.97. The maximum Gasteiger partial charge on any atom is 0.309 e. The van der Waals surface area contributed by atoms with Gasteiger partial charge in [-0.05, 0) is 26.7 Å². The molecule has 1 aliphatic heterocycles. The Morgan fingerprint density at radius 3 is 2.90 bits per heavy atom. The number of carbonyl (C=O) groups excluding carboxylic acids is 1. The smallest absolute Gasteiger partial charge is 0.309 e. The SMILES string of the molecule is CCOC(=O)C1CCN(c2cc(C)nc3ncnn23)CC1. The van der Waals surface area contributed by atoms with Crippen molar-refractivity contribution in [1.82, 2.24) is 19.6 Å². The number of fused-ring (bicyclic) bond motifs is 1. The van der Waals surface area contributed by atoms with E-state index in [1.54, 1.807) is 4.52 Å². The molecule has 0 spiro atoms. The van der Waals surface area contributed by atoms with E-state index >= 15 is 0 Å². The van der Waals surface area contributed by atoms with Crippen molar-refractivity contribution in [3.05, 3.63) is 18.1 Å². The van der Waals surface area contributed by atoms with Crippen LogP contribution in [0.25, 0.3) is 5.78 Å². The van der Waals surface area contributed by atoms with Gasteiger partial charge >= 0.3 is 5.97 Å². The number of anilines is 1. The normalized spacial score (nSPS) is 16.4. The van der Waals surface area contributed by atoms with Gasteiger partial charge in [-0.1, -0.05) is 0 Å². The highest BCUT2D eigenvalue weighted by molar-refractivity contribution is 5.72. The molecule has 0 amide bonds. The summed E-state index contributed by atoms with van der Waals surface area (Å²) in [6, 6.07) is 2.01. The maximum absolute atomic E-state index is 11.8. The number of esters is 1. The molecule has 0 unspecified atom stereocenters. The van der Waals surface area contributed by atoms with E-state index in [4.69, 9.17) is 4.74 Å². The Morgan fingerprint density at radius 2 is 2.19 bits per heavy atom. The van der Waals surface area contributed by atoms with Crippen LogP contribution in [0.5, 0.6) is 0 Å². The van der Waals surface area contributed by atoms with Crippen LogP contribution in [-0.4, -0.2) is 45.2 Å². The quantitative estimate of drug-likeness (QED) is 0.791. The van der Waals surface area contributed by atoms with E-state index in [-0.39, 0.29) is 11.9 Å². The van der Waals surface area contributed by atoms with Gasteiger partial charge in [-0.2, -0.15) is 14.6 Å². The van der Waals surface area contributed by atoms with Crippen LogP contribution in [0.4, 0.5) is 5.82 Å². The molecule has 21 heavy (non-hydrogen) atoms. The highest BCUT2D eigenvalue weighted by Crippen LogP contribution is 2.24. The van der Waals surface area contributed by atoms with Crippen LogP contribution in [0.3, 0.4) is 0 Å². The zero-order valence-electron chi connectivity index (χ0n) is 12.3. The predicted molar refractivity (Wildman–Crippen MR) is 77.1 cm³/mol. The first-order valence-electron chi connectivity index (χ1n) is 7.28. The minimum atomic E-state index is -0.0750. The van der Waals surface area contributed by atoms with Gasteiger partial charge in [-0.25, -0.2) is 4.98 Å². The van der Waals surface area contributed by atoms with Gasteiger partial charge in [-0.3, -0.25) is 4.79 Å². The Bertz CT molecular complexity index is 646. The Labute approximate surface area is 122 Å². The van der Waals surface area contributed by atoms with Crippen molar-refractivity contribution in [1.29, 1.82) is 0 Å². The third kappa shape index (κ3) is 2.68. The summed E-state index contributed by atoms with van der Waals surface area (Å²) in [7, 11) is 0. The number of aromatic nitrogens is 4. The first-order chi connectivity index (χ1) is 10.2. The molecule has 0 saturated carbocycles. The number of aryl methyl sites for hydroxylation is 1. The summed E-state index contributed by atoms with van der Waals surface area (Å²) >= 11 is 0. The number of ether oxygens (including phenoxy) is 1. The molecule has 1 fully saturated rings. The Kier molecular flexibility index (Phi) is 3.72. The summed E-state index contributed by atoms with van der Waals surface area (Å²) in [6.45, 7) is 5.85. The van der Waals surface area contributed by atoms with Gasteiger partial charge < -0.3 is 9.64 Å². The van der Waals surface area contributed by atoms with Crippen molar-refractivity contribution in [2.45, 2.75) is 26.7 Å². The van der Waals surface area contributed by atoms with Gasteiger partial charge in [0.15, 0.2) is 0 Å². The fourth-order valence-corrected chi connectivity index (χ4v) is 2.74. The standard InChI is InChI=1S/C14H19N5O2/c1-3-21-13(20)11-4-6-18(7-5-11)12-8-10(2)17-14-15-9-16-19(12)14/h8-9,11H,3-7H2,1-2H3. The van der Waals surface area contributed by atoms with Gasteiger partial charge in [0.2, 0.25) is 0 Å². The average molecular weight is 289 g/mol. The van der Waals surface area contributed by atoms with E-state index in [2.05, 4.69) is 20.0 Å². The van der Waals surface area contributed by atoms with Gasteiger partial charge in [0.1, 0.15) is 12.1 Å². The lowest BCUT2D eigenvalue weighted by molar-refractivity contribution is -0.148. The first-order valence-corrected chi connectivity index (χ1v) is 7.28. The third-order valence-corrected chi connectivity index (χ3v) is 3.80. The Morgan fingerprint density at radius 1 is 1.43 bits per heavy atom. The second kappa shape index (κ2) is 5.67. The van der Waals surface area contributed by atoms with Gasteiger partial charge in [0.25, 0.3) is 5.78 Å². The summed E-state index contributed by atoms with van der Waals surface area (Å²) in [5.41, 5.74) is 0.915. The highest BCUT2D eigenvalue weighted by Gasteiger charge is 2.27. The summed E-state index contributed by atoms with van der Waals surface area (Å²) < 4.78 is 6.85. The van der Waals surface area contributed by atoms with Crippen LogP contribution in [-0.2, 0) is 9.53 Å². The lowest BCUT2D eigenvalue weighted by Gasteiger charge is -2.32. The van der Waals surface area contributed by atoms with Crippen LogP contribution >= 0.6 is 0 Å². The summed E-state index contributed by atoms with van der Waals surface area (Å²) in [5.74, 6) is 1.53. The summed E-state index contributed by atoms with van der Waals surface area (Å²) in [5, 5.41) is 4.23. The van der Waals surface area contributed by atoms with Gasteiger partial charge in [0, 0.05) is 24.8 Å². The number of hydrogen-bond acceptors (Lipinski definition) is 6. The zero-order valence-corrected chi connectivity index (χ0v) is 12.3. The van der Waals surface area contributed by atoms with Gasteiger partial charge in [0.05, 0.1) is 12.5 Å². The fourth-order valence-electron chi connectivity index (χ4n) is 2.74. The molecule has 0 radical (unpaired) electrons. The molecular weight excluding hydrogens is 270 g/mol. The van der Waals surface area contributed by atoms with Gasteiger partial charge in [-0.15, -0.1) is 0 Å². The van der Waals surface area contributed by atoms with E-state index < -0.39 is 0 Å². The number of hydrogen-bond donors (Lipinski definition) is 0. The van der Waals surface area contributed by atoms with Crippen LogP contribution in [0.15, 0.2) is 12.4 Å². The second-order valence-electron chi connectivity index (χ2n) is 5.24. The molecule has 0 aliphatic carbocycles. The Balaban J connectivity index is 1.77. The Hall–Kier alpha value is -2.18. The number of nitrogens with zero attached hydrogens (tertiary/aromatic N) is 5. The van der Waals surface area contributed by atoms with Crippen molar-refractivity contribution in [3.8, 4) is 0 Å². The van der Waals surface area contributed by atoms with Crippen molar-refractivity contribution < 1.29 is 9.53 Å². The molecule has 1 saturated heterocycles. The second-order valence-corrected chi connectivity index (χ2v) is 5.24. The number of carbonyl (C=O) groups is 1. The van der Waals surface area contributed by atoms with E-state index in [0.29, 0.717) is 12.4 Å². The average Bonchev–Trinajstić information content (AvgIpc) is 2.95. The lowest BCUT2D eigenvalue weighted by Crippen LogP contribution is -2.38. The molecule has 0 atom stereocenters. The molecule has 0 bridgehead atoms. The van der Waals surface area contributed by atoms with Crippen molar-refractivity contribution in [2.24, 2.45) is 5.92 Å². The molecule has 1 aliphatic rings. The van der Waals surface area contributed by atoms with Crippen LogP contribution in [0, 0.1) is 12.8 Å². The molecule has 3 heterocycles. The van der Waals surface area contributed by atoms with E-state index in [1.165, 1.54) is 6.33 Å². The number of piperidine rings is 1. The largest absolute Gasteiger partial charge is 0.466 e. The minimum absolute atomic E-state index is 0.00960. The summed E-state index contributed by atoms with van der Waals surface area (Å²) in [6.07, 6.45) is 3.11. The van der Waals surface area contributed by atoms with Crippen LogP contribution in [0.1, 0.15) is 25.5 Å². The van der Waals surface area contributed by atoms with Crippen molar-refractivity contribution in [2.75, 3.05) is 24.6 Å². The predicted octanol–water partition coefficient (Wildman–Crippen LogP) is 1.21. The van der Waals surface area contributed by atoms with E-state index in [9.17, 15) is 4.79 Å². The molecule has 7 nitrogen and oxygen atoms in total. The first kappa shape index (κ1) is 13.8. The molecule has 0 N–H and O–H groups in total. The number of rotatable bonds is 3. The van der Waals surface area contributed by atoms with Crippen LogP contribution in [0.2, 0.25) is 0 Å². The molecule has 2 aromatic heterocycles. The van der Waals surface area contributed by atoms with Crippen molar-refractivity contribution in [3.63, 3.8) is 0 Å².